The van der Waals surface area contributed by atoms with E-state index < -0.39 is 0 Å². The second kappa shape index (κ2) is 6.25. The number of aryl methyl sites for hydroxylation is 1. The van der Waals surface area contributed by atoms with Gasteiger partial charge in [0.05, 0.1) is 6.61 Å². The summed E-state index contributed by atoms with van der Waals surface area (Å²) in [6.07, 6.45) is 3.68. The molecule has 110 valence electrons. The van der Waals surface area contributed by atoms with Crippen LogP contribution in [0.15, 0.2) is 24.3 Å². The van der Waals surface area contributed by atoms with E-state index in [1.165, 1.54) is 31.4 Å². The van der Waals surface area contributed by atoms with Crippen LogP contribution in [0.5, 0.6) is 0 Å². The summed E-state index contributed by atoms with van der Waals surface area (Å²) in [4.78, 5) is 2.64. The van der Waals surface area contributed by atoms with E-state index >= 15 is 0 Å². The molecule has 20 heavy (non-hydrogen) atoms. The van der Waals surface area contributed by atoms with E-state index in [0.29, 0.717) is 5.41 Å². The summed E-state index contributed by atoms with van der Waals surface area (Å²) in [5.74, 6) is 0. The average Bonchev–Trinajstić information content (AvgIpc) is 2.80. The molecule has 2 heterocycles. The summed E-state index contributed by atoms with van der Waals surface area (Å²) < 4.78 is 5.69. The van der Waals surface area contributed by atoms with Crippen LogP contribution in [0.3, 0.4) is 0 Å². The van der Waals surface area contributed by atoms with Crippen molar-refractivity contribution in [2.24, 2.45) is 5.41 Å². The Morgan fingerprint density at radius 3 is 2.90 bits per heavy atom. The zero-order valence-electron chi connectivity index (χ0n) is 12.5. The van der Waals surface area contributed by atoms with Gasteiger partial charge in [0.25, 0.3) is 0 Å². The minimum Gasteiger partial charge on any atom is -0.381 e. The van der Waals surface area contributed by atoms with E-state index in [4.69, 9.17) is 4.74 Å². The van der Waals surface area contributed by atoms with Crippen molar-refractivity contribution in [1.29, 1.82) is 0 Å². The predicted molar refractivity (Wildman–Crippen MR) is 81.8 cm³/mol. The van der Waals surface area contributed by atoms with Crippen molar-refractivity contribution < 1.29 is 4.74 Å². The lowest BCUT2D eigenvalue weighted by atomic mass is 9.86. The van der Waals surface area contributed by atoms with Gasteiger partial charge in [-0.25, -0.2) is 0 Å². The molecule has 1 aromatic carbocycles. The number of rotatable bonds is 4. The van der Waals surface area contributed by atoms with Crippen LogP contribution < -0.4 is 5.32 Å². The number of nitrogens with one attached hydrogen (secondary N) is 1. The molecule has 0 aliphatic carbocycles. The van der Waals surface area contributed by atoms with Crippen LogP contribution in [0, 0.1) is 5.41 Å². The van der Waals surface area contributed by atoms with E-state index in [9.17, 15) is 0 Å². The molecule has 2 aliphatic heterocycles. The third-order valence-corrected chi connectivity index (χ3v) is 4.73. The lowest BCUT2D eigenvalue weighted by molar-refractivity contribution is 0.107. The monoisotopic (exact) mass is 274 g/mol. The van der Waals surface area contributed by atoms with Crippen LogP contribution in [0.2, 0.25) is 0 Å². The molecule has 2 aliphatic rings. The molecule has 1 unspecified atom stereocenters. The van der Waals surface area contributed by atoms with Crippen LogP contribution >= 0.6 is 0 Å². The van der Waals surface area contributed by atoms with Crippen molar-refractivity contribution >= 4 is 0 Å². The van der Waals surface area contributed by atoms with Crippen molar-refractivity contribution in [3.8, 4) is 0 Å². The Balaban J connectivity index is 1.71. The van der Waals surface area contributed by atoms with Gasteiger partial charge in [-0.3, -0.25) is 4.90 Å². The molecular weight excluding hydrogens is 248 g/mol. The molecule has 1 aromatic rings. The molecule has 3 nitrogen and oxygen atoms in total. The van der Waals surface area contributed by atoms with Gasteiger partial charge >= 0.3 is 0 Å². The molecule has 3 heteroatoms. The summed E-state index contributed by atoms with van der Waals surface area (Å²) in [5, 5.41) is 3.37. The van der Waals surface area contributed by atoms with E-state index in [1.54, 1.807) is 5.56 Å². The third-order valence-electron chi connectivity index (χ3n) is 4.73. The van der Waals surface area contributed by atoms with Gasteiger partial charge in [-0.05, 0) is 44.0 Å². The van der Waals surface area contributed by atoms with Gasteiger partial charge in [-0.2, -0.15) is 0 Å². The summed E-state index contributed by atoms with van der Waals surface area (Å²) in [5.41, 5.74) is 3.37. The van der Waals surface area contributed by atoms with Crippen molar-refractivity contribution in [3.05, 3.63) is 35.4 Å². The van der Waals surface area contributed by atoms with Gasteiger partial charge in [-0.15, -0.1) is 0 Å². The van der Waals surface area contributed by atoms with Gasteiger partial charge < -0.3 is 10.1 Å². The number of hydrogen-bond acceptors (Lipinski definition) is 3. The minimum absolute atomic E-state index is 0.314. The number of benzene rings is 1. The van der Waals surface area contributed by atoms with Crippen molar-refractivity contribution in [2.75, 3.05) is 39.9 Å². The molecule has 0 bridgehead atoms. The predicted octanol–water partition coefficient (Wildman–Crippen LogP) is 2.06. The molecule has 0 radical (unpaired) electrons. The highest BCUT2D eigenvalue weighted by Gasteiger charge is 2.36. The SMILES string of the molecule is CNCC1(CN2CCCc3ccccc3C2)CCOC1. The molecule has 1 atom stereocenters. The minimum atomic E-state index is 0.314. The fourth-order valence-corrected chi connectivity index (χ4v) is 3.72. The van der Waals surface area contributed by atoms with Crippen molar-refractivity contribution in [3.63, 3.8) is 0 Å². The maximum Gasteiger partial charge on any atom is 0.0547 e. The highest BCUT2D eigenvalue weighted by Crippen LogP contribution is 2.30. The van der Waals surface area contributed by atoms with Gasteiger partial charge in [0, 0.05) is 31.7 Å². The smallest absolute Gasteiger partial charge is 0.0547 e. The van der Waals surface area contributed by atoms with Crippen LogP contribution in [-0.2, 0) is 17.7 Å². The van der Waals surface area contributed by atoms with E-state index in [2.05, 4.69) is 41.5 Å². The van der Waals surface area contributed by atoms with E-state index in [1.807, 2.05) is 0 Å². The summed E-state index contributed by atoms with van der Waals surface area (Å²) >= 11 is 0. The first-order chi connectivity index (χ1) is 9.81. The van der Waals surface area contributed by atoms with Gasteiger partial charge in [0.2, 0.25) is 0 Å². The standard InChI is InChI=1S/C17H26N2O/c1-18-12-17(8-10-20-14-17)13-19-9-4-7-15-5-2-3-6-16(15)11-19/h2-3,5-6,18H,4,7-14H2,1H3. The molecular formula is C17H26N2O. The second-order valence-corrected chi connectivity index (χ2v) is 6.42. The maximum atomic E-state index is 5.69. The van der Waals surface area contributed by atoms with Crippen LogP contribution in [0.1, 0.15) is 24.0 Å². The molecule has 1 saturated heterocycles. The zero-order chi connectivity index (χ0) is 13.8. The molecule has 0 amide bonds. The molecule has 1 N–H and O–H groups in total. The molecule has 0 spiro atoms. The second-order valence-electron chi connectivity index (χ2n) is 6.42. The van der Waals surface area contributed by atoms with Gasteiger partial charge in [-0.1, -0.05) is 24.3 Å². The fourth-order valence-electron chi connectivity index (χ4n) is 3.72. The summed E-state index contributed by atoms with van der Waals surface area (Å²) in [7, 11) is 2.05. The average molecular weight is 274 g/mol. The highest BCUT2D eigenvalue weighted by atomic mass is 16.5. The largest absolute Gasteiger partial charge is 0.381 e. The third kappa shape index (κ3) is 3.05. The molecule has 0 aromatic heterocycles. The Morgan fingerprint density at radius 2 is 2.15 bits per heavy atom. The van der Waals surface area contributed by atoms with Crippen molar-refractivity contribution in [2.45, 2.75) is 25.8 Å². The topological polar surface area (TPSA) is 24.5 Å². The van der Waals surface area contributed by atoms with E-state index in [-0.39, 0.29) is 0 Å². The Bertz CT molecular complexity index is 440. The fraction of sp³-hybridized carbons (Fsp3) is 0.647. The summed E-state index contributed by atoms with van der Waals surface area (Å²) in [6.45, 7) is 6.35. The maximum absolute atomic E-state index is 5.69. The van der Waals surface area contributed by atoms with Crippen LogP contribution in [-0.4, -0.2) is 44.8 Å². The first kappa shape index (κ1) is 14.1. The molecule has 1 fully saturated rings. The Kier molecular flexibility index (Phi) is 4.39. The molecule has 3 rings (SSSR count). The number of hydrogen-bond donors (Lipinski definition) is 1. The first-order valence-corrected chi connectivity index (χ1v) is 7.83. The lowest BCUT2D eigenvalue weighted by Gasteiger charge is -2.33. The van der Waals surface area contributed by atoms with Gasteiger partial charge in [0.15, 0.2) is 0 Å². The normalized spacial score (nSPS) is 27.2. The first-order valence-electron chi connectivity index (χ1n) is 7.83. The van der Waals surface area contributed by atoms with Gasteiger partial charge in [0.1, 0.15) is 0 Å². The van der Waals surface area contributed by atoms with Crippen LogP contribution in [0.4, 0.5) is 0 Å². The Morgan fingerprint density at radius 1 is 1.30 bits per heavy atom. The Hall–Kier alpha value is -0.900. The van der Waals surface area contributed by atoms with Crippen molar-refractivity contribution in [1.82, 2.24) is 10.2 Å². The number of nitrogens with zero attached hydrogens (tertiary/aromatic N) is 1. The molecule has 0 saturated carbocycles. The summed E-state index contributed by atoms with van der Waals surface area (Å²) in [6, 6.07) is 8.93. The Labute approximate surface area is 122 Å². The number of fused-ring (bicyclic) bond motifs is 1. The highest BCUT2D eigenvalue weighted by molar-refractivity contribution is 5.28. The number of ether oxygens (including phenoxy) is 1. The van der Waals surface area contributed by atoms with E-state index in [0.717, 1.165) is 32.8 Å². The quantitative estimate of drug-likeness (QED) is 0.909. The lowest BCUT2D eigenvalue weighted by Crippen LogP contribution is -2.44. The van der Waals surface area contributed by atoms with Crippen LogP contribution in [0.25, 0.3) is 0 Å². The zero-order valence-corrected chi connectivity index (χ0v) is 12.5.